The first kappa shape index (κ1) is 25.9. The van der Waals surface area contributed by atoms with Gasteiger partial charge in [-0.1, -0.05) is 29.3 Å². The Morgan fingerprint density at radius 3 is 2.71 bits per heavy atom. The standard InChI is InChI=1S/C25H32Cl2N4O4/c26-19-5-3-18(16-20(19)27)4-6-22(32)31-13-7-23(33)30(14-15-31)12-1-2-21-24(34)29-17-25(35-21)8-10-28-11-9-25/h3-6,16,21,28H,1-2,7-15,17H2,(H,29,34). The zero-order chi connectivity index (χ0) is 24.8. The molecule has 1 aromatic rings. The summed E-state index contributed by atoms with van der Waals surface area (Å²) in [6.07, 6.45) is 6.00. The minimum absolute atomic E-state index is 0.0256. The molecule has 3 saturated heterocycles. The Morgan fingerprint density at radius 2 is 1.94 bits per heavy atom. The van der Waals surface area contributed by atoms with Gasteiger partial charge in [-0.05, 0) is 62.5 Å². The van der Waals surface area contributed by atoms with Gasteiger partial charge in [-0.25, -0.2) is 0 Å². The van der Waals surface area contributed by atoms with E-state index >= 15 is 0 Å². The van der Waals surface area contributed by atoms with Gasteiger partial charge in [0.25, 0.3) is 0 Å². The number of ether oxygens (including phenoxy) is 1. The molecule has 3 amide bonds. The van der Waals surface area contributed by atoms with Crippen LogP contribution in [0.25, 0.3) is 6.08 Å². The highest BCUT2D eigenvalue weighted by Crippen LogP contribution is 2.28. The second kappa shape index (κ2) is 11.7. The number of morpholine rings is 1. The normalized spacial score (nSPS) is 23.0. The van der Waals surface area contributed by atoms with Gasteiger partial charge in [-0.3, -0.25) is 14.4 Å². The predicted octanol–water partition coefficient (Wildman–Crippen LogP) is 2.48. The lowest BCUT2D eigenvalue weighted by molar-refractivity contribution is -0.167. The monoisotopic (exact) mass is 522 g/mol. The summed E-state index contributed by atoms with van der Waals surface area (Å²) >= 11 is 12.0. The second-order valence-electron chi connectivity index (χ2n) is 9.36. The van der Waals surface area contributed by atoms with Gasteiger partial charge in [-0.2, -0.15) is 0 Å². The van der Waals surface area contributed by atoms with Gasteiger partial charge >= 0.3 is 0 Å². The lowest BCUT2D eigenvalue weighted by atomic mass is 9.90. The van der Waals surface area contributed by atoms with Crippen molar-refractivity contribution < 1.29 is 19.1 Å². The maximum Gasteiger partial charge on any atom is 0.249 e. The van der Waals surface area contributed by atoms with E-state index in [0.717, 1.165) is 31.5 Å². The van der Waals surface area contributed by atoms with Crippen LogP contribution in [-0.4, -0.2) is 85.0 Å². The predicted molar refractivity (Wildman–Crippen MR) is 135 cm³/mol. The summed E-state index contributed by atoms with van der Waals surface area (Å²) in [5, 5.41) is 7.23. The Hall–Kier alpha value is -2.13. The van der Waals surface area contributed by atoms with Crippen LogP contribution in [0.1, 0.15) is 37.7 Å². The molecule has 35 heavy (non-hydrogen) atoms. The van der Waals surface area contributed by atoms with Crippen LogP contribution in [0.3, 0.4) is 0 Å². The average molecular weight is 523 g/mol. The molecule has 2 N–H and O–H groups in total. The molecule has 1 atom stereocenters. The van der Waals surface area contributed by atoms with Crippen molar-refractivity contribution in [1.82, 2.24) is 20.4 Å². The summed E-state index contributed by atoms with van der Waals surface area (Å²) in [5.74, 6) is -0.190. The van der Waals surface area contributed by atoms with Crippen LogP contribution < -0.4 is 10.6 Å². The van der Waals surface area contributed by atoms with Crippen LogP contribution in [-0.2, 0) is 19.1 Å². The molecule has 4 rings (SSSR count). The quantitative estimate of drug-likeness (QED) is 0.560. The summed E-state index contributed by atoms with van der Waals surface area (Å²) in [7, 11) is 0. The van der Waals surface area contributed by atoms with Crippen LogP contribution in [0, 0.1) is 0 Å². The summed E-state index contributed by atoms with van der Waals surface area (Å²) in [6.45, 7) is 4.21. The number of hydrogen-bond acceptors (Lipinski definition) is 5. The first-order valence-corrected chi connectivity index (χ1v) is 13.0. The molecule has 10 heteroatoms. The van der Waals surface area contributed by atoms with Crippen molar-refractivity contribution in [3.8, 4) is 0 Å². The van der Waals surface area contributed by atoms with Crippen LogP contribution in [0.4, 0.5) is 0 Å². The molecule has 190 valence electrons. The molecular formula is C25H32Cl2N4O4. The number of hydrogen-bond donors (Lipinski definition) is 2. The van der Waals surface area contributed by atoms with E-state index in [0.29, 0.717) is 55.6 Å². The molecule has 8 nitrogen and oxygen atoms in total. The Kier molecular flexibility index (Phi) is 8.70. The van der Waals surface area contributed by atoms with Crippen molar-refractivity contribution in [3.05, 3.63) is 39.9 Å². The fraction of sp³-hybridized carbons (Fsp3) is 0.560. The van der Waals surface area contributed by atoms with Crippen LogP contribution >= 0.6 is 23.2 Å². The fourth-order valence-corrected chi connectivity index (χ4v) is 5.11. The average Bonchev–Trinajstić information content (AvgIpc) is 3.04. The van der Waals surface area contributed by atoms with Crippen LogP contribution in [0.15, 0.2) is 24.3 Å². The number of carbonyl (C=O) groups excluding carboxylic acids is 3. The van der Waals surface area contributed by atoms with Gasteiger partial charge in [0.2, 0.25) is 17.7 Å². The zero-order valence-electron chi connectivity index (χ0n) is 19.7. The molecule has 0 saturated carbocycles. The van der Waals surface area contributed by atoms with Gasteiger partial charge in [0, 0.05) is 45.2 Å². The number of nitrogens with one attached hydrogen (secondary N) is 2. The molecular weight excluding hydrogens is 491 g/mol. The Labute approximate surface area is 215 Å². The third-order valence-electron chi connectivity index (χ3n) is 6.94. The highest BCUT2D eigenvalue weighted by atomic mass is 35.5. The maximum absolute atomic E-state index is 12.7. The number of halogens is 2. The van der Waals surface area contributed by atoms with Gasteiger partial charge in [0.15, 0.2) is 0 Å². The minimum Gasteiger partial charge on any atom is -0.360 e. The molecule has 1 aromatic carbocycles. The summed E-state index contributed by atoms with van der Waals surface area (Å²) in [5.41, 5.74) is 0.508. The maximum atomic E-state index is 12.7. The smallest absolute Gasteiger partial charge is 0.249 e. The highest BCUT2D eigenvalue weighted by Gasteiger charge is 2.41. The van der Waals surface area contributed by atoms with Crippen molar-refractivity contribution in [1.29, 1.82) is 0 Å². The molecule has 3 aliphatic heterocycles. The largest absolute Gasteiger partial charge is 0.360 e. The number of rotatable bonds is 6. The summed E-state index contributed by atoms with van der Waals surface area (Å²) < 4.78 is 6.26. The molecule has 1 spiro atoms. The third-order valence-corrected chi connectivity index (χ3v) is 7.68. The molecule has 3 fully saturated rings. The topological polar surface area (TPSA) is 91.0 Å². The van der Waals surface area contributed by atoms with Crippen molar-refractivity contribution in [3.63, 3.8) is 0 Å². The Morgan fingerprint density at radius 1 is 1.14 bits per heavy atom. The minimum atomic E-state index is -0.478. The first-order chi connectivity index (χ1) is 16.8. The molecule has 3 heterocycles. The number of piperidine rings is 1. The van der Waals surface area contributed by atoms with E-state index < -0.39 is 6.10 Å². The van der Waals surface area contributed by atoms with Gasteiger partial charge in [0.1, 0.15) is 6.10 Å². The van der Waals surface area contributed by atoms with Crippen molar-refractivity contribution in [2.45, 2.75) is 43.8 Å². The second-order valence-corrected chi connectivity index (χ2v) is 10.2. The lowest BCUT2D eigenvalue weighted by Crippen LogP contribution is -2.60. The third kappa shape index (κ3) is 6.76. The van der Waals surface area contributed by atoms with Crippen molar-refractivity contribution >= 4 is 47.0 Å². The van der Waals surface area contributed by atoms with E-state index in [9.17, 15) is 14.4 Å². The SMILES string of the molecule is O=C1NCC2(CCNCC2)OC1CCCN1CCN(C(=O)C=Cc2ccc(Cl)c(Cl)c2)CCC1=O. The summed E-state index contributed by atoms with van der Waals surface area (Å²) in [6, 6.07) is 5.17. The Bertz CT molecular complexity index is 980. The van der Waals surface area contributed by atoms with Gasteiger partial charge in [0.05, 0.1) is 15.6 Å². The molecule has 0 bridgehead atoms. The van der Waals surface area contributed by atoms with E-state index in [1.807, 2.05) is 0 Å². The molecule has 0 aromatic heterocycles. The molecule has 3 aliphatic rings. The van der Waals surface area contributed by atoms with E-state index in [1.54, 1.807) is 34.1 Å². The number of nitrogens with zero attached hydrogens (tertiary/aromatic N) is 2. The van der Waals surface area contributed by atoms with Crippen molar-refractivity contribution in [2.24, 2.45) is 0 Å². The first-order valence-electron chi connectivity index (χ1n) is 12.2. The molecule has 0 aliphatic carbocycles. The van der Waals surface area contributed by atoms with Crippen molar-refractivity contribution in [2.75, 3.05) is 45.8 Å². The van der Waals surface area contributed by atoms with E-state index in [-0.39, 0.29) is 29.7 Å². The van der Waals surface area contributed by atoms with E-state index in [2.05, 4.69) is 10.6 Å². The lowest BCUT2D eigenvalue weighted by Gasteiger charge is -2.43. The highest BCUT2D eigenvalue weighted by molar-refractivity contribution is 6.42. The Balaban J connectivity index is 1.25. The molecule has 1 unspecified atom stereocenters. The molecule has 0 radical (unpaired) electrons. The van der Waals surface area contributed by atoms with E-state index in [4.69, 9.17) is 27.9 Å². The zero-order valence-corrected chi connectivity index (χ0v) is 21.2. The summed E-state index contributed by atoms with van der Waals surface area (Å²) in [4.78, 5) is 41.1. The number of benzene rings is 1. The number of amides is 3. The van der Waals surface area contributed by atoms with Gasteiger partial charge in [-0.15, -0.1) is 0 Å². The number of carbonyl (C=O) groups is 3. The van der Waals surface area contributed by atoms with Crippen LogP contribution in [0.5, 0.6) is 0 Å². The fourth-order valence-electron chi connectivity index (χ4n) is 4.81. The van der Waals surface area contributed by atoms with E-state index in [1.165, 1.54) is 6.08 Å². The van der Waals surface area contributed by atoms with Gasteiger partial charge < -0.3 is 25.2 Å². The van der Waals surface area contributed by atoms with Crippen LogP contribution in [0.2, 0.25) is 10.0 Å².